The van der Waals surface area contributed by atoms with Crippen LogP contribution in [0.5, 0.6) is 5.75 Å². The van der Waals surface area contributed by atoms with Gasteiger partial charge in [0.2, 0.25) is 5.91 Å². The van der Waals surface area contributed by atoms with Gasteiger partial charge < -0.3 is 15.4 Å². The van der Waals surface area contributed by atoms with Gasteiger partial charge in [0.25, 0.3) is 0 Å². The fourth-order valence-corrected chi connectivity index (χ4v) is 2.56. The van der Waals surface area contributed by atoms with E-state index in [9.17, 15) is 9.59 Å². The summed E-state index contributed by atoms with van der Waals surface area (Å²) >= 11 is 0. The number of ketones is 1. The number of hydrogen-bond acceptors (Lipinski definition) is 4. The first-order valence-electron chi connectivity index (χ1n) is 7.28. The van der Waals surface area contributed by atoms with Gasteiger partial charge in [-0.05, 0) is 44.5 Å². The van der Waals surface area contributed by atoms with E-state index in [0.717, 1.165) is 31.5 Å². The molecule has 1 heterocycles. The summed E-state index contributed by atoms with van der Waals surface area (Å²) in [6.45, 7) is 3.34. The van der Waals surface area contributed by atoms with Gasteiger partial charge in [-0.1, -0.05) is 0 Å². The van der Waals surface area contributed by atoms with Crippen molar-refractivity contribution < 1.29 is 14.3 Å². The topological polar surface area (TPSA) is 67.4 Å². The molecule has 0 aromatic heterocycles. The van der Waals surface area contributed by atoms with E-state index in [-0.39, 0.29) is 36.6 Å². The summed E-state index contributed by atoms with van der Waals surface area (Å²) in [5, 5.41) is 6.29. The minimum absolute atomic E-state index is 0. The fourth-order valence-electron chi connectivity index (χ4n) is 2.56. The predicted molar refractivity (Wildman–Crippen MR) is 88.0 cm³/mol. The summed E-state index contributed by atoms with van der Waals surface area (Å²) in [5.41, 5.74) is 1.34. The molecule has 1 atom stereocenters. The van der Waals surface area contributed by atoms with Gasteiger partial charge in [0.05, 0.1) is 13.5 Å². The van der Waals surface area contributed by atoms with E-state index in [1.807, 2.05) is 0 Å². The molecule has 5 nitrogen and oxygen atoms in total. The van der Waals surface area contributed by atoms with E-state index in [2.05, 4.69) is 10.6 Å². The molecule has 0 radical (unpaired) electrons. The zero-order valence-corrected chi connectivity index (χ0v) is 13.8. The van der Waals surface area contributed by atoms with Gasteiger partial charge in [-0.25, -0.2) is 0 Å². The van der Waals surface area contributed by atoms with Crippen molar-refractivity contribution in [3.63, 3.8) is 0 Å². The van der Waals surface area contributed by atoms with Crippen LogP contribution in [0.2, 0.25) is 0 Å². The van der Waals surface area contributed by atoms with Crippen molar-refractivity contribution in [2.24, 2.45) is 0 Å². The van der Waals surface area contributed by atoms with Crippen LogP contribution in [0.3, 0.4) is 0 Å². The van der Waals surface area contributed by atoms with Crippen molar-refractivity contribution in [1.82, 2.24) is 10.6 Å². The Morgan fingerprint density at radius 3 is 2.77 bits per heavy atom. The number of carbonyl (C=O) groups excluding carboxylic acids is 2. The second-order valence-corrected chi connectivity index (χ2v) is 5.37. The average Bonchev–Trinajstić information content (AvgIpc) is 2.48. The lowest BCUT2D eigenvalue weighted by atomic mass is 10.0. The molecule has 2 rings (SSSR count). The van der Waals surface area contributed by atoms with Gasteiger partial charge >= 0.3 is 0 Å². The van der Waals surface area contributed by atoms with Crippen LogP contribution in [0.4, 0.5) is 0 Å². The van der Waals surface area contributed by atoms with Gasteiger partial charge in [-0.3, -0.25) is 9.59 Å². The van der Waals surface area contributed by atoms with Crippen LogP contribution in [0.1, 0.15) is 35.7 Å². The Morgan fingerprint density at radius 2 is 2.18 bits per heavy atom. The highest BCUT2D eigenvalue weighted by molar-refractivity contribution is 5.94. The second-order valence-electron chi connectivity index (χ2n) is 5.37. The normalized spacial score (nSPS) is 17.3. The molecule has 1 amide bonds. The minimum Gasteiger partial charge on any atom is -0.496 e. The molecule has 0 spiro atoms. The first-order chi connectivity index (χ1) is 10.1. The van der Waals surface area contributed by atoms with Crippen molar-refractivity contribution in [3.8, 4) is 5.75 Å². The minimum atomic E-state index is -0.0392. The molecular weight excluding hydrogens is 304 g/mol. The maximum Gasteiger partial charge on any atom is 0.224 e. The molecule has 0 bridgehead atoms. The van der Waals surface area contributed by atoms with Crippen molar-refractivity contribution in [2.75, 3.05) is 20.2 Å². The van der Waals surface area contributed by atoms with Gasteiger partial charge in [0, 0.05) is 23.7 Å². The molecule has 1 aromatic carbocycles. The Hall–Kier alpha value is -1.59. The van der Waals surface area contributed by atoms with Crippen molar-refractivity contribution in [3.05, 3.63) is 29.3 Å². The SMILES string of the molecule is COc1ccc(C(C)=O)cc1CC(=O)N[C@H]1CCCNC1.Cl. The fraction of sp³-hybridized carbons (Fsp3) is 0.500. The molecule has 1 aliphatic rings. The van der Waals surface area contributed by atoms with Crippen LogP contribution >= 0.6 is 12.4 Å². The summed E-state index contributed by atoms with van der Waals surface area (Å²) < 4.78 is 5.27. The van der Waals surface area contributed by atoms with Gasteiger partial charge in [0.1, 0.15) is 5.75 Å². The molecular formula is C16H23ClN2O3. The third-order valence-corrected chi connectivity index (χ3v) is 3.70. The molecule has 1 aliphatic heterocycles. The van der Waals surface area contributed by atoms with Gasteiger partial charge in [-0.15, -0.1) is 12.4 Å². The molecule has 1 saturated heterocycles. The number of hydrogen-bond donors (Lipinski definition) is 2. The number of nitrogens with one attached hydrogen (secondary N) is 2. The smallest absolute Gasteiger partial charge is 0.224 e. The summed E-state index contributed by atoms with van der Waals surface area (Å²) in [7, 11) is 1.56. The lowest BCUT2D eigenvalue weighted by molar-refractivity contribution is -0.121. The third kappa shape index (κ3) is 5.00. The molecule has 122 valence electrons. The number of benzene rings is 1. The maximum absolute atomic E-state index is 12.2. The van der Waals surface area contributed by atoms with E-state index in [1.54, 1.807) is 25.3 Å². The summed E-state index contributed by atoms with van der Waals surface area (Å²) in [6.07, 6.45) is 2.30. The lowest BCUT2D eigenvalue weighted by Crippen LogP contribution is -2.46. The van der Waals surface area contributed by atoms with Gasteiger partial charge in [0.15, 0.2) is 5.78 Å². The number of rotatable bonds is 5. The predicted octanol–water partition coefficient (Wildman–Crippen LogP) is 1.73. The average molecular weight is 327 g/mol. The van der Waals surface area contributed by atoms with Crippen LogP contribution in [-0.2, 0) is 11.2 Å². The quantitative estimate of drug-likeness (QED) is 0.809. The van der Waals surface area contributed by atoms with Crippen LogP contribution in [0, 0.1) is 0 Å². The summed E-state index contributed by atoms with van der Waals surface area (Å²) in [4.78, 5) is 23.6. The number of carbonyl (C=O) groups is 2. The van der Waals surface area contributed by atoms with E-state index in [0.29, 0.717) is 11.3 Å². The molecule has 0 aliphatic carbocycles. The number of piperidine rings is 1. The van der Waals surface area contributed by atoms with E-state index in [4.69, 9.17) is 4.74 Å². The standard InChI is InChI=1S/C16H22N2O3.ClH/c1-11(19)12-5-6-15(21-2)13(8-12)9-16(20)18-14-4-3-7-17-10-14;/h5-6,8,14,17H,3-4,7,9-10H2,1-2H3,(H,18,20);1H/t14-;/m0./s1. The van der Waals surface area contributed by atoms with Crippen LogP contribution < -0.4 is 15.4 Å². The first-order valence-corrected chi connectivity index (χ1v) is 7.28. The van der Waals surface area contributed by atoms with E-state index in [1.165, 1.54) is 6.92 Å². The zero-order chi connectivity index (χ0) is 15.2. The largest absolute Gasteiger partial charge is 0.496 e. The Bertz CT molecular complexity index is 528. The highest BCUT2D eigenvalue weighted by Gasteiger charge is 2.17. The lowest BCUT2D eigenvalue weighted by Gasteiger charge is -2.24. The number of amides is 1. The zero-order valence-electron chi connectivity index (χ0n) is 13.0. The highest BCUT2D eigenvalue weighted by atomic mass is 35.5. The van der Waals surface area contributed by atoms with Crippen molar-refractivity contribution in [1.29, 1.82) is 0 Å². The summed E-state index contributed by atoms with van der Waals surface area (Å²) in [5.74, 6) is 0.579. The molecule has 6 heteroatoms. The second kappa shape index (κ2) is 8.76. The number of methoxy groups -OCH3 is 1. The monoisotopic (exact) mass is 326 g/mol. The van der Waals surface area contributed by atoms with Crippen LogP contribution in [0.15, 0.2) is 18.2 Å². The van der Waals surface area contributed by atoms with Crippen molar-refractivity contribution in [2.45, 2.75) is 32.2 Å². The highest BCUT2D eigenvalue weighted by Crippen LogP contribution is 2.21. The molecule has 2 N–H and O–H groups in total. The Labute approximate surface area is 137 Å². The molecule has 0 unspecified atom stereocenters. The summed E-state index contributed by atoms with van der Waals surface area (Å²) in [6, 6.07) is 5.38. The Morgan fingerprint density at radius 1 is 1.41 bits per heavy atom. The molecule has 22 heavy (non-hydrogen) atoms. The van der Waals surface area contributed by atoms with E-state index < -0.39 is 0 Å². The van der Waals surface area contributed by atoms with Crippen LogP contribution in [-0.4, -0.2) is 37.9 Å². The maximum atomic E-state index is 12.2. The van der Waals surface area contributed by atoms with Crippen molar-refractivity contribution >= 4 is 24.1 Å². The van der Waals surface area contributed by atoms with Gasteiger partial charge in [-0.2, -0.15) is 0 Å². The third-order valence-electron chi connectivity index (χ3n) is 3.70. The number of ether oxygens (including phenoxy) is 1. The first kappa shape index (κ1) is 18.5. The Balaban J connectivity index is 0.00000242. The molecule has 1 fully saturated rings. The Kier molecular flexibility index (Phi) is 7.35. The van der Waals surface area contributed by atoms with Crippen LogP contribution in [0.25, 0.3) is 0 Å². The van der Waals surface area contributed by atoms with E-state index >= 15 is 0 Å². The molecule has 0 saturated carbocycles. The number of Topliss-reactive ketones (excluding diaryl/α,β-unsaturated/α-hetero) is 1. The molecule has 1 aromatic rings. The number of halogens is 1.